The molecule has 1 aliphatic rings. The molecule has 0 aliphatic carbocycles. The third-order valence-corrected chi connectivity index (χ3v) is 6.95. The molecular weight excluding hydrogens is 475 g/mol. The molecule has 5 rings (SSSR count). The van der Waals surface area contributed by atoms with Crippen molar-refractivity contribution in [1.82, 2.24) is 14.9 Å². The predicted molar refractivity (Wildman–Crippen MR) is 124 cm³/mol. The summed E-state index contributed by atoms with van der Waals surface area (Å²) in [6.07, 6.45) is -3.88. The minimum absolute atomic E-state index is 0.0299. The van der Waals surface area contributed by atoms with Crippen LogP contribution in [0.1, 0.15) is 16.8 Å². The number of carbonyl (C=O) groups excluding carboxylic acids is 1. The average Bonchev–Trinajstić information content (AvgIpc) is 3.36. The van der Waals surface area contributed by atoms with Crippen LogP contribution < -0.4 is 11.1 Å². The lowest BCUT2D eigenvalue weighted by Gasteiger charge is -2.33. The predicted octanol–water partition coefficient (Wildman–Crippen LogP) is 4.77. The van der Waals surface area contributed by atoms with Crippen LogP contribution in [0.5, 0.6) is 0 Å². The van der Waals surface area contributed by atoms with Crippen LogP contribution in [0, 0.1) is 0 Å². The highest BCUT2D eigenvalue weighted by Crippen LogP contribution is 2.38. The molecule has 1 atom stereocenters. The molecule has 0 fully saturated rings. The first-order valence-corrected chi connectivity index (χ1v) is 11.5. The number of carbonyl (C=O) groups is 1. The van der Waals surface area contributed by atoms with Crippen molar-refractivity contribution >= 4 is 55.7 Å². The number of aromatic amines is 1. The van der Waals surface area contributed by atoms with Gasteiger partial charge in [0.25, 0.3) is 0 Å². The average molecular weight is 494 g/mol. The molecule has 0 saturated heterocycles. The van der Waals surface area contributed by atoms with E-state index in [2.05, 4.69) is 15.3 Å². The van der Waals surface area contributed by atoms with E-state index in [1.165, 1.54) is 11.6 Å². The quantitative estimate of drug-likeness (QED) is 0.382. The Bertz CT molecular complexity index is 1370. The summed E-state index contributed by atoms with van der Waals surface area (Å²) in [4.78, 5) is 22.2. The summed E-state index contributed by atoms with van der Waals surface area (Å²) in [5, 5.41) is 4.35. The maximum absolute atomic E-state index is 13.5. The normalized spacial score (nSPS) is 15.7. The van der Waals surface area contributed by atoms with Gasteiger partial charge in [-0.25, -0.2) is 4.98 Å². The SMILES string of the molecule is NCC(C(=O)Nc1cc(C(F)(F)F)c2ncsc2c1)N1CCc2c([nH]c3ccc(Cl)cc23)C1. The lowest BCUT2D eigenvalue weighted by molar-refractivity contribution is -0.136. The molecule has 33 heavy (non-hydrogen) atoms. The van der Waals surface area contributed by atoms with Crippen molar-refractivity contribution in [2.75, 3.05) is 18.4 Å². The summed E-state index contributed by atoms with van der Waals surface area (Å²) in [5.41, 5.74) is 9.46. The molecule has 3 heterocycles. The van der Waals surface area contributed by atoms with E-state index < -0.39 is 23.7 Å². The number of benzene rings is 2. The number of hydrogen-bond donors (Lipinski definition) is 3. The molecule has 1 amide bonds. The van der Waals surface area contributed by atoms with E-state index >= 15 is 0 Å². The zero-order valence-electron chi connectivity index (χ0n) is 17.2. The lowest BCUT2D eigenvalue weighted by Crippen LogP contribution is -2.50. The van der Waals surface area contributed by atoms with Crippen LogP contribution in [-0.4, -0.2) is 39.9 Å². The van der Waals surface area contributed by atoms with Gasteiger partial charge in [0.1, 0.15) is 6.04 Å². The van der Waals surface area contributed by atoms with Gasteiger partial charge in [0.2, 0.25) is 5.91 Å². The molecule has 4 aromatic rings. The number of thiazole rings is 1. The molecule has 1 aliphatic heterocycles. The topological polar surface area (TPSA) is 87.0 Å². The first-order valence-electron chi connectivity index (χ1n) is 10.2. The molecule has 2 aromatic heterocycles. The third-order valence-electron chi connectivity index (χ3n) is 5.94. The Morgan fingerprint density at radius 3 is 2.91 bits per heavy atom. The van der Waals surface area contributed by atoms with E-state index in [1.807, 2.05) is 23.1 Å². The number of nitrogens with zero attached hydrogens (tertiary/aromatic N) is 2. The van der Waals surface area contributed by atoms with Crippen LogP contribution in [0.15, 0.2) is 35.8 Å². The van der Waals surface area contributed by atoms with E-state index in [1.54, 1.807) is 0 Å². The van der Waals surface area contributed by atoms with Crippen LogP contribution in [0.2, 0.25) is 5.02 Å². The molecule has 6 nitrogen and oxygen atoms in total. The minimum Gasteiger partial charge on any atom is -0.357 e. The Hall–Kier alpha value is -2.66. The van der Waals surface area contributed by atoms with Crippen LogP contribution in [-0.2, 0) is 23.9 Å². The number of fused-ring (bicyclic) bond motifs is 4. The van der Waals surface area contributed by atoms with Gasteiger partial charge in [0.15, 0.2) is 0 Å². The van der Waals surface area contributed by atoms with Gasteiger partial charge in [-0.05, 0) is 42.3 Å². The standard InChI is InChI=1S/C22H19ClF3N5OS/c23-11-1-2-16-14(5-11)13-3-4-31(9-17(13)30-16)18(8-27)21(32)29-12-6-15(22(24,25)26)20-19(7-12)33-10-28-20/h1-2,5-7,10,18,30H,3-4,8-9,27H2,(H,29,32). The smallest absolute Gasteiger partial charge is 0.357 e. The number of anilines is 1. The van der Waals surface area contributed by atoms with Gasteiger partial charge < -0.3 is 16.0 Å². The first kappa shape index (κ1) is 22.1. The molecule has 0 spiro atoms. The lowest BCUT2D eigenvalue weighted by atomic mass is 10.0. The van der Waals surface area contributed by atoms with Gasteiger partial charge >= 0.3 is 6.18 Å². The van der Waals surface area contributed by atoms with Gasteiger partial charge in [0, 0.05) is 46.9 Å². The third kappa shape index (κ3) is 4.08. The number of amides is 1. The summed E-state index contributed by atoms with van der Waals surface area (Å²) in [6.45, 7) is 1.09. The number of alkyl halides is 3. The van der Waals surface area contributed by atoms with Crippen molar-refractivity contribution in [3.8, 4) is 0 Å². The van der Waals surface area contributed by atoms with Crippen molar-refractivity contribution in [2.45, 2.75) is 25.2 Å². The second-order valence-corrected chi connectivity index (χ2v) is 9.28. The number of H-pyrrole nitrogens is 1. The highest BCUT2D eigenvalue weighted by molar-refractivity contribution is 7.16. The van der Waals surface area contributed by atoms with E-state index in [-0.39, 0.29) is 17.7 Å². The number of rotatable bonds is 4. The fourth-order valence-corrected chi connectivity index (χ4v) is 5.32. The van der Waals surface area contributed by atoms with Gasteiger partial charge in [-0.2, -0.15) is 13.2 Å². The van der Waals surface area contributed by atoms with Crippen molar-refractivity contribution in [3.63, 3.8) is 0 Å². The van der Waals surface area contributed by atoms with E-state index in [0.29, 0.717) is 29.2 Å². The Morgan fingerprint density at radius 2 is 2.15 bits per heavy atom. The maximum atomic E-state index is 13.5. The van der Waals surface area contributed by atoms with E-state index in [0.717, 1.165) is 39.6 Å². The number of aromatic nitrogens is 2. The number of nitrogens with two attached hydrogens (primary N) is 1. The van der Waals surface area contributed by atoms with Crippen LogP contribution in [0.4, 0.5) is 18.9 Å². The summed E-state index contributed by atoms with van der Waals surface area (Å²) in [7, 11) is 0. The summed E-state index contributed by atoms with van der Waals surface area (Å²) in [6, 6.07) is 7.38. The Labute approximate surface area is 195 Å². The van der Waals surface area contributed by atoms with Crippen LogP contribution in [0.3, 0.4) is 0 Å². The minimum atomic E-state index is -4.58. The Kier molecular flexibility index (Phi) is 5.56. The van der Waals surface area contributed by atoms with Gasteiger partial charge in [-0.1, -0.05) is 11.6 Å². The van der Waals surface area contributed by atoms with Crippen molar-refractivity contribution in [3.05, 3.63) is 57.7 Å². The summed E-state index contributed by atoms with van der Waals surface area (Å²) < 4.78 is 40.8. The van der Waals surface area contributed by atoms with Crippen molar-refractivity contribution in [2.24, 2.45) is 5.73 Å². The van der Waals surface area contributed by atoms with Crippen LogP contribution in [0.25, 0.3) is 21.1 Å². The zero-order valence-corrected chi connectivity index (χ0v) is 18.7. The molecule has 2 aromatic carbocycles. The van der Waals surface area contributed by atoms with Crippen LogP contribution >= 0.6 is 22.9 Å². The Morgan fingerprint density at radius 1 is 1.33 bits per heavy atom. The first-order chi connectivity index (χ1) is 15.7. The molecule has 4 N–H and O–H groups in total. The monoisotopic (exact) mass is 493 g/mol. The summed E-state index contributed by atoms with van der Waals surface area (Å²) >= 11 is 7.22. The molecule has 0 bridgehead atoms. The van der Waals surface area contributed by atoms with Gasteiger partial charge in [-0.15, -0.1) is 11.3 Å². The van der Waals surface area contributed by atoms with Gasteiger partial charge in [-0.3, -0.25) is 9.69 Å². The molecule has 0 saturated carbocycles. The highest BCUT2D eigenvalue weighted by Gasteiger charge is 2.35. The van der Waals surface area contributed by atoms with Crippen molar-refractivity contribution < 1.29 is 18.0 Å². The molecule has 1 unspecified atom stereocenters. The number of nitrogens with one attached hydrogen (secondary N) is 2. The number of halogens is 4. The molecule has 172 valence electrons. The molecule has 0 radical (unpaired) electrons. The van der Waals surface area contributed by atoms with E-state index in [4.69, 9.17) is 17.3 Å². The van der Waals surface area contributed by atoms with Crippen molar-refractivity contribution in [1.29, 1.82) is 0 Å². The second kappa shape index (κ2) is 8.28. The van der Waals surface area contributed by atoms with Gasteiger partial charge in [0.05, 0.1) is 21.3 Å². The largest absolute Gasteiger partial charge is 0.418 e. The zero-order chi connectivity index (χ0) is 23.3. The fourth-order valence-electron chi connectivity index (χ4n) is 4.40. The molecular formula is C22H19ClF3N5OS. The second-order valence-electron chi connectivity index (χ2n) is 7.95. The fraction of sp³-hybridized carbons (Fsp3) is 0.273. The Balaban J connectivity index is 1.39. The highest BCUT2D eigenvalue weighted by atomic mass is 35.5. The summed E-state index contributed by atoms with van der Waals surface area (Å²) in [5.74, 6) is -0.447. The number of hydrogen-bond acceptors (Lipinski definition) is 5. The van der Waals surface area contributed by atoms with E-state index in [9.17, 15) is 18.0 Å². The molecule has 11 heteroatoms. The maximum Gasteiger partial charge on any atom is 0.418 e.